The minimum atomic E-state index is 0.993. The molecule has 0 unspecified atom stereocenters. The molecule has 1 aromatic heterocycles. The van der Waals surface area contributed by atoms with Gasteiger partial charge in [0.05, 0.1) is 5.69 Å². The van der Waals surface area contributed by atoms with Crippen molar-refractivity contribution < 1.29 is 0 Å². The predicted molar refractivity (Wildman–Crippen MR) is 32.6 cm³/mol. The molecule has 2 nitrogen and oxygen atoms in total. The van der Waals surface area contributed by atoms with Crippen molar-refractivity contribution >= 4 is 5.69 Å². The molecule has 0 spiro atoms. The van der Waals surface area contributed by atoms with Crippen LogP contribution in [-0.2, 0) is 0 Å². The summed E-state index contributed by atoms with van der Waals surface area (Å²) in [7, 11) is 1.85. The van der Waals surface area contributed by atoms with Crippen molar-refractivity contribution in [2.75, 3.05) is 12.4 Å². The van der Waals surface area contributed by atoms with Crippen LogP contribution in [0.1, 0.15) is 0 Å². The molecule has 41 valence electrons. The maximum absolute atomic E-state index is 3.84. The van der Waals surface area contributed by atoms with E-state index in [1.54, 1.807) is 12.4 Å². The van der Waals surface area contributed by atoms with Gasteiger partial charge in [0.25, 0.3) is 0 Å². The minimum absolute atomic E-state index is 0.993. The third kappa shape index (κ3) is 0.964. The van der Waals surface area contributed by atoms with Crippen LogP contribution in [0.25, 0.3) is 0 Å². The first-order valence-electron chi connectivity index (χ1n) is 2.42. The molecule has 0 bridgehead atoms. The Morgan fingerprint density at radius 1 is 1.75 bits per heavy atom. The molecular weight excluding hydrogens is 100 g/mol. The van der Waals surface area contributed by atoms with Crippen LogP contribution in [0, 0.1) is 6.07 Å². The summed E-state index contributed by atoms with van der Waals surface area (Å²) in [6.45, 7) is 0. The number of aromatic nitrogens is 1. The van der Waals surface area contributed by atoms with Gasteiger partial charge in [-0.25, -0.2) is 0 Å². The highest BCUT2D eigenvalue weighted by molar-refractivity contribution is 5.37. The van der Waals surface area contributed by atoms with Gasteiger partial charge in [-0.3, -0.25) is 4.98 Å². The number of nitrogens with zero attached hydrogens (tertiary/aromatic N) is 1. The molecule has 0 aliphatic heterocycles. The Kier molecular flexibility index (Phi) is 1.47. The van der Waals surface area contributed by atoms with Crippen LogP contribution in [0.15, 0.2) is 18.5 Å². The Labute approximate surface area is 48.6 Å². The number of hydrogen-bond acceptors (Lipinski definition) is 2. The van der Waals surface area contributed by atoms with Crippen molar-refractivity contribution in [1.82, 2.24) is 4.98 Å². The summed E-state index contributed by atoms with van der Waals surface area (Å²) in [6, 6.07) is 4.68. The number of pyridine rings is 1. The van der Waals surface area contributed by atoms with E-state index >= 15 is 0 Å². The first-order valence-corrected chi connectivity index (χ1v) is 2.42. The maximum atomic E-state index is 3.84. The third-order valence-electron chi connectivity index (χ3n) is 0.890. The molecule has 1 aromatic rings. The molecular formula is C6H7N2. The Hall–Kier alpha value is -1.05. The smallest absolute Gasteiger partial charge is 0.0530 e. The second-order valence-corrected chi connectivity index (χ2v) is 1.42. The molecule has 1 rings (SSSR count). The predicted octanol–water partition coefficient (Wildman–Crippen LogP) is 0.923. The van der Waals surface area contributed by atoms with Crippen LogP contribution in [-0.4, -0.2) is 12.0 Å². The van der Waals surface area contributed by atoms with Gasteiger partial charge in [0.1, 0.15) is 0 Å². The highest BCUT2D eigenvalue weighted by Gasteiger charge is 1.79. The largest absolute Gasteiger partial charge is 0.387 e. The fourth-order valence-electron chi connectivity index (χ4n) is 0.462. The van der Waals surface area contributed by atoms with Crippen molar-refractivity contribution in [3.05, 3.63) is 24.5 Å². The van der Waals surface area contributed by atoms with Gasteiger partial charge < -0.3 is 5.32 Å². The zero-order chi connectivity index (χ0) is 5.82. The SMILES string of the molecule is CNc1c[c]cnc1. The first kappa shape index (κ1) is 5.09. The zero-order valence-electron chi connectivity index (χ0n) is 4.68. The molecule has 0 aliphatic carbocycles. The van der Waals surface area contributed by atoms with Crippen molar-refractivity contribution in [2.24, 2.45) is 0 Å². The van der Waals surface area contributed by atoms with E-state index in [1.807, 2.05) is 13.1 Å². The van der Waals surface area contributed by atoms with Crippen LogP contribution in [0.4, 0.5) is 5.69 Å². The summed E-state index contributed by atoms with van der Waals surface area (Å²) < 4.78 is 0. The van der Waals surface area contributed by atoms with Crippen LogP contribution in [0.2, 0.25) is 0 Å². The number of nitrogens with one attached hydrogen (secondary N) is 1. The summed E-state index contributed by atoms with van der Waals surface area (Å²) in [5.74, 6) is 0. The van der Waals surface area contributed by atoms with E-state index < -0.39 is 0 Å². The molecule has 2 heteroatoms. The van der Waals surface area contributed by atoms with Gasteiger partial charge in [-0.2, -0.15) is 0 Å². The Balaban J connectivity index is 2.83. The first-order chi connectivity index (χ1) is 3.93. The van der Waals surface area contributed by atoms with Crippen molar-refractivity contribution in [3.63, 3.8) is 0 Å². The van der Waals surface area contributed by atoms with Crippen molar-refractivity contribution in [2.45, 2.75) is 0 Å². The van der Waals surface area contributed by atoms with Gasteiger partial charge in [0.15, 0.2) is 0 Å². The monoisotopic (exact) mass is 107 g/mol. The van der Waals surface area contributed by atoms with Gasteiger partial charge in [0.2, 0.25) is 0 Å². The van der Waals surface area contributed by atoms with Gasteiger partial charge in [-0.05, 0) is 6.07 Å². The lowest BCUT2D eigenvalue weighted by molar-refractivity contribution is 1.31. The summed E-state index contributed by atoms with van der Waals surface area (Å²) in [6.07, 6.45) is 3.37. The van der Waals surface area contributed by atoms with E-state index in [-0.39, 0.29) is 0 Å². The molecule has 0 saturated carbocycles. The van der Waals surface area contributed by atoms with Crippen molar-refractivity contribution in [3.8, 4) is 0 Å². The summed E-state index contributed by atoms with van der Waals surface area (Å²) in [4.78, 5) is 3.84. The molecule has 1 N–H and O–H groups in total. The molecule has 0 aliphatic rings. The zero-order valence-corrected chi connectivity index (χ0v) is 4.68. The Morgan fingerprint density at radius 3 is 3.00 bits per heavy atom. The molecule has 0 amide bonds. The second-order valence-electron chi connectivity index (χ2n) is 1.42. The molecule has 8 heavy (non-hydrogen) atoms. The lowest BCUT2D eigenvalue weighted by atomic mass is 10.4. The highest BCUT2D eigenvalue weighted by Crippen LogP contribution is 1.97. The highest BCUT2D eigenvalue weighted by atomic mass is 14.8. The van der Waals surface area contributed by atoms with E-state index in [9.17, 15) is 0 Å². The average Bonchev–Trinajstić information content (AvgIpc) is 1.90. The second kappa shape index (κ2) is 2.31. The van der Waals surface area contributed by atoms with Crippen LogP contribution >= 0.6 is 0 Å². The van der Waals surface area contributed by atoms with Crippen LogP contribution in [0.3, 0.4) is 0 Å². The Bertz CT molecular complexity index is 148. The van der Waals surface area contributed by atoms with Crippen LogP contribution in [0.5, 0.6) is 0 Å². The lowest BCUT2D eigenvalue weighted by Gasteiger charge is -1.92. The average molecular weight is 107 g/mol. The topological polar surface area (TPSA) is 24.9 Å². The number of rotatable bonds is 1. The quantitative estimate of drug-likeness (QED) is 0.577. The molecule has 1 heterocycles. The van der Waals surface area contributed by atoms with E-state index in [0.717, 1.165) is 5.69 Å². The van der Waals surface area contributed by atoms with Gasteiger partial charge >= 0.3 is 0 Å². The lowest BCUT2D eigenvalue weighted by Crippen LogP contribution is -1.86. The molecule has 1 radical (unpaired) electrons. The number of hydrogen-bond donors (Lipinski definition) is 1. The minimum Gasteiger partial charge on any atom is -0.387 e. The van der Waals surface area contributed by atoms with E-state index in [4.69, 9.17) is 0 Å². The Morgan fingerprint density at radius 2 is 2.62 bits per heavy atom. The normalized spacial score (nSPS) is 8.62. The standard InChI is InChI=1S/C6H7N2/c1-7-6-3-2-4-8-5-6/h3-5,7H,1H3. The summed E-state index contributed by atoms with van der Waals surface area (Å²) in [5, 5.41) is 2.93. The fraction of sp³-hybridized carbons (Fsp3) is 0.167. The van der Waals surface area contributed by atoms with E-state index in [0.29, 0.717) is 0 Å². The van der Waals surface area contributed by atoms with E-state index in [1.165, 1.54) is 0 Å². The number of anilines is 1. The summed E-state index contributed by atoms with van der Waals surface area (Å²) in [5.41, 5.74) is 0.993. The van der Waals surface area contributed by atoms with Crippen LogP contribution < -0.4 is 5.32 Å². The van der Waals surface area contributed by atoms with E-state index in [2.05, 4.69) is 16.4 Å². The summed E-state index contributed by atoms with van der Waals surface area (Å²) >= 11 is 0. The van der Waals surface area contributed by atoms with Gasteiger partial charge in [0, 0.05) is 25.5 Å². The third-order valence-corrected chi connectivity index (χ3v) is 0.890. The van der Waals surface area contributed by atoms with Crippen molar-refractivity contribution in [1.29, 1.82) is 0 Å². The molecule has 0 aromatic carbocycles. The van der Waals surface area contributed by atoms with Gasteiger partial charge in [-0.15, -0.1) is 0 Å². The molecule has 0 fully saturated rings. The maximum Gasteiger partial charge on any atom is 0.0530 e. The van der Waals surface area contributed by atoms with Gasteiger partial charge in [-0.1, -0.05) is 0 Å². The fourth-order valence-corrected chi connectivity index (χ4v) is 0.462. The molecule has 0 atom stereocenters. The molecule has 0 saturated heterocycles.